The Morgan fingerprint density at radius 2 is 1.62 bits per heavy atom. The molecule has 46 valence electrons. The Morgan fingerprint density at radius 1 is 1.50 bits per heavy atom. The average Bonchev–Trinajstić information content (AvgIpc) is 1.38. The zero-order valence-electron chi connectivity index (χ0n) is 4.07. The van der Waals surface area contributed by atoms with Crippen molar-refractivity contribution in [1.82, 2.24) is 0 Å². The smallest absolute Gasteiger partial charge is 0.870 e. The SMILES string of the molecule is NCC(=O)[O-].[Al+3].[OH-].[OH-]. The molecule has 0 saturated heterocycles. The molecule has 0 radical (unpaired) electrons. The number of hydrogen-bond acceptors (Lipinski definition) is 5. The van der Waals surface area contributed by atoms with Crippen LogP contribution in [-0.4, -0.2) is 40.8 Å². The molecule has 6 heteroatoms. The number of carbonyl (C=O) groups excluding carboxylic acids is 1. The van der Waals surface area contributed by atoms with Crippen LogP contribution < -0.4 is 10.8 Å². The van der Waals surface area contributed by atoms with Gasteiger partial charge in [0.2, 0.25) is 0 Å². The third kappa shape index (κ3) is 39.6. The molecule has 0 unspecified atom stereocenters. The molecule has 5 nitrogen and oxygen atoms in total. The molecule has 0 amide bonds. The molecule has 0 saturated carbocycles. The molecule has 0 bridgehead atoms. The van der Waals surface area contributed by atoms with Crippen LogP contribution in [0.3, 0.4) is 0 Å². The molecular formula is C2H6AlNO4. The Morgan fingerprint density at radius 3 is 1.62 bits per heavy atom. The van der Waals surface area contributed by atoms with E-state index in [1.807, 2.05) is 0 Å². The van der Waals surface area contributed by atoms with Crippen LogP contribution in [0.4, 0.5) is 0 Å². The van der Waals surface area contributed by atoms with E-state index < -0.39 is 5.97 Å². The summed E-state index contributed by atoms with van der Waals surface area (Å²) < 4.78 is 0. The number of nitrogens with two attached hydrogens (primary N) is 1. The third-order valence-electron chi connectivity index (χ3n) is 0.167. The van der Waals surface area contributed by atoms with Crippen LogP contribution in [0.1, 0.15) is 0 Å². The first-order chi connectivity index (χ1) is 2.27. The van der Waals surface area contributed by atoms with E-state index in [1.165, 1.54) is 0 Å². The predicted octanol–water partition coefficient (Wildman–Crippen LogP) is -3.04. The van der Waals surface area contributed by atoms with E-state index in [2.05, 4.69) is 5.73 Å². The van der Waals surface area contributed by atoms with E-state index in [-0.39, 0.29) is 34.9 Å². The molecule has 0 rings (SSSR count). The maximum atomic E-state index is 9.13. The molecule has 0 aliphatic heterocycles. The van der Waals surface area contributed by atoms with Crippen molar-refractivity contribution in [1.29, 1.82) is 0 Å². The fraction of sp³-hybridized carbons (Fsp3) is 0.500. The van der Waals surface area contributed by atoms with E-state index in [4.69, 9.17) is 9.90 Å². The Bertz CT molecular complexity index is 49.3. The minimum atomic E-state index is -1.22. The Hall–Kier alpha value is -0.118. The summed E-state index contributed by atoms with van der Waals surface area (Å²) in [5.41, 5.74) is 4.51. The first kappa shape index (κ1) is 24.8. The number of aliphatic carboxylic acids is 1. The fourth-order valence-corrected chi connectivity index (χ4v) is 0. The van der Waals surface area contributed by atoms with Crippen molar-refractivity contribution in [2.24, 2.45) is 5.73 Å². The second kappa shape index (κ2) is 15.8. The van der Waals surface area contributed by atoms with Crippen molar-refractivity contribution in [3.05, 3.63) is 0 Å². The minimum Gasteiger partial charge on any atom is -0.870 e. The van der Waals surface area contributed by atoms with Crippen molar-refractivity contribution in [3.63, 3.8) is 0 Å². The summed E-state index contributed by atoms with van der Waals surface area (Å²) in [7, 11) is 0. The molecule has 0 aromatic heterocycles. The van der Waals surface area contributed by atoms with Gasteiger partial charge in [0.25, 0.3) is 0 Å². The Balaban J connectivity index is -0.0000000267. The summed E-state index contributed by atoms with van der Waals surface area (Å²) >= 11 is 0. The number of carboxylic acid groups (broad SMARTS) is 1. The zero-order chi connectivity index (χ0) is 4.28. The molecule has 0 aromatic carbocycles. The molecule has 4 N–H and O–H groups in total. The predicted molar refractivity (Wildman–Crippen MR) is 23.7 cm³/mol. The number of hydrogen-bond donors (Lipinski definition) is 1. The van der Waals surface area contributed by atoms with Gasteiger partial charge in [-0.1, -0.05) is 0 Å². The van der Waals surface area contributed by atoms with Gasteiger partial charge in [0.05, 0.1) is 5.97 Å². The molecule has 0 fully saturated rings. The first-order valence-electron chi connectivity index (χ1n) is 1.17. The van der Waals surface area contributed by atoms with Crippen LogP contribution in [0.5, 0.6) is 0 Å². The van der Waals surface area contributed by atoms with Crippen molar-refractivity contribution in [3.8, 4) is 0 Å². The molecule has 0 atom stereocenters. The Kier molecular flexibility index (Phi) is 48.9. The van der Waals surface area contributed by atoms with Gasteiger partial charge in [-0.15, -0.1) is 0 Å². The molecule has 8 heavy (non-hydrogen) atoms. The van der Waals surface area contributed by atoms with Crippen LogP contribution in [0.15, 0.2) is 0 Å². The first-order valence-corrected chi connectivity index (χ1v) is 1.17. The molecule has 0 spiro atoms. The number of carboxylic acids is 1. The van der Waals surface area contributed by atoms with E-state index in [0.29, 0.717) is 0 Å². The molecule has 0 heterocycles. The normalized spacial score (nSPS) is 4.62. The largest absolute Gasteiger partial charge is 3.00 e. The van der Waals surface area contributed by atoms with E-state index >= 15 is 0 Å². The van der Waals surface area contributed by atoms with Crippen molar-refractivity contribution < 1.29 is 20.9 Å². The standard InChI is InChI=1S/C2H5NO2.Al.2H2O/c3-1-2(4)5;;;/h1,3H2,(H,4,5);;2*1H2/q;+3;;/p-3. The topological polar surface area (TPSA) is 126 Å². The van der Waals surface area contributed by atoms with Gasteiger partial charge in [0, 0.05) is 6.54 Å². The van der Waals surface area contributed by atoms with Crippen molar-refractivity contribution in [2.45, 2.75) is 0 Å². The third-order valence-corrected chi connectivity index (χ3v) is 0.167. The molecule has 0 aromatic rings. The van der Waals surface area contributed by atoms with Gasteiger partial charge in [-0.05, 0) is 0 Å². The maximum absolute atomic E-state index is 9.13. The van der Waals surface area contributed by atoms with E-state index in [9.17, 15) is 0 Å². The summed E-state index contributed by atoms with van der Waals surface area (Å²) in [5, 5.41) is 9.13. The zero-order valence-corrected chi connectivity index (χ0v) is 5.23. The van der Waals surface area contributed by atoms with Gasteiger partial charge in [-0.2, -0.15) is 0 Å². The van der Waals surface area contributed by atoms with Gasteiger partial charge in [-0.3, -0.25) is 0 Å². The van der Waals surface area contributed by atoms with Gasteiger partial charge in [0.1, 0.15) is 0 Å². The van der Waals surface area contributed by atoms with Gasteiger partial charge in [-0.25, -0.2) is 0 Å². The van der Waals surface area contributed by atoms with Crippen molar-refractivity contribution >= 4 is 23.3 Å². The number of rotatable bonds is 1. The van der Waals surface area contributed by atoms with Crippen LogP contribution in [-0.2, 0) is 4.79 Å². The molecule has 0 aliphatic carbocycles. The number of carbonyl (C=O) groups is 1. The molecular weight excluding hydrogens is 129 g/mol. The van der Waals surface area contributed by atoms with E-state index in [1.54, 1.807) is 0 Å². The van der Waals surface area contributed by atoms with Gasteiger partial charge < -0.3 is 26.6 Å². The van der Waals surface area contributed by atoms with Crippen LogP contribution in [0.25, 0.3) is 0 Å². The quantitative estimate of drug-likeness (QED) is 0.382. The molecule has 0 aliphatic rings. The summed E-state index contributed by atoms with van der Waals surface area (Å²) in [5.74, 6) is -1.22. The Labute approximate surface area is 57.2 Å². The second-order valence-corrected chi connectivity index (χ2v) is 0.576. The summed E-state index contributed by atoms with van der Waals surface area (Å²) in [4.78, 5) is 9.13. The monoisotopic (exact) mass is 135 g/mol. The van der Waals surface area contributed by atoms with E-state index in [0.717, 1.165) is 0 Å². The average molecular weight is 135 g/mol. The van der Waals surface area contributed by atoms with Gasteiger partial charge in [0.15, 0.2) is 0 Å². The van der Waals surface area contributed by atoms with Crippen molar-refractivity contribution in [2.75, 3.05) is 6.54 Å². The van der Waals surface area contributed by atoms with Crippen LogP contribution >= 0.6 is 0 Å². The summed E-state index contributed by atoms with van der Waals surface area (Å²) in [6.07, 6.45) is 0. The minimum absolute atomic E-state index is 0. The second-order valence-electron chi connectivity index (χ2n) is 0.576. The fourth-order valence-electron chi connectivity index (χ4n) is 0. The summed E-state index contributed by atoms with van der Waals surface area (Å²) in [6.45, 7) is -0.389. The maximum Gasteiger partial charge on any atom is 3.00 e. The van der Waals surface area contributed by atoms with Crippen LogP contribution in [0, 0.1) is 0 Å². The van der Waals surface area contributed by atoms with Crippen LogP contribution in [0.2, 0.25) is 0 Å². The summed E-state index contributed by atoms with van der Waals surface area (Å²) in [6, 6.07) is 0. The van der Waals surface area contributed by atoms with Gasteiger partial charge >= 0.3 is 17.4 Å².